The average Bonchev–Trinajstić information content (AvgIpc) is 2.80. The van der Waals surface area contributed by atoms with E-state index in [4.69, 9.17) is 10.6 Å². The standard InChI is InChI=1S/C15H24N2OS/c1-10-8-11(2)13(12(9-10)18-4)14(17-16)15(3)6-5-7-19-15/h8-9,14,17H,5-7,16H2,1-4H3. The van der Waals surface area contributed by atoms with Crippen molar-refractivity contribution >= 4 is 11.8 Å². The molecule has 0 bridgehead atoms. The number of hydrogen-bond acceptors (Lipinski definition) is 4. The molecule has 3 nitrogen and oxygen atoms in total. The number of hydrazine groups is 1. The van der Waals surface area contributed by atoms with E-state index in [0.717, 1.165) is 5.75 Å². The third kappa shape index (κ3) is 2.76. The number of hydrogen-bond donors (Lipinski definition) is 2. The maximum absolute atomic E-state index is 5.88. The fourth-order valence-corrected chi connectivity index (χ4v) is 4.47. The second kappa shape index (κ2) is 5.73. The van der Waals surface area contributed by atoms with E-state index in [2.05, 4.69) is 38.3 Å². The van der Waals surface area contributed by atoms with Gasteiger partial charge in [-0.1, -0.05) is 6.07 Å². The first-order valence-electron chi connectivity index (χ1n) is 6.77. The second-order valence-corrected chi connectivity index (χ2v) is 7.19. The van der Waals surface area contributed by atoms with Gasteiger partial charge in [-0.05, 0) is 56.6 Å². The lowest BCUT2D eigenvalue weighted by molar-refractivity contribution is 0.373. The third-order valence-electron chi connectivity index (χ3n) is 4.03. The molecule has 0 aliphatic carbocycles. The lowest BCUT2D eigenvalue weighted by Gasteiger charge is -2.35. The Morgan fingerprint density at radius 3 is 2.68 bits per heavy atom. The van der Waals surface area contributed by atoms with Crippen LogP contribution in [0, 0.1) is 13.8 Å². The highest BCUT2D eigenvalue weighted by atomic mass is 32.2. The quantitative estimate of drug-likeness (QED) is 0.657. The molecule has 2 rings (SSSR count). The molecule has 0 amide bonds. The van der Waals surface area contributed by atoms with Gasteiger partial charge in [0.15, 0.2) is 0 Å². The van der Waals surface area contributed by atoms with E-state index < -0.39 is 0 Å². The highest BCUT2D eigenvalue weighted by molar-refractivity contribution is 8.00. The van der Waals surface area contributed by atoms with Gasteiger partial charge in [-0.3, -0.25) is 11.3 Å². The summed E-state index contributed by atoms with van der Waals surface area (Å²) in [6.45, 7) is 6.53. The average molecular weight is 280 g/mol. The van der Waals surface area contributed by atoms with Crippen LogP contribution in [0.1, 0.15) is 42.5 Å². The summed E-state index contributed by atoms with van der Waals surface area (Å²) in [5.74, 6) is 8.03. The molecule has 1 aromatic rings. The van der Waals surface area contributed by atoms with Gasteiger partial charge < -0.3 is 4.74 Å². The van der Waals surface area contributed by atoms with Crippen LogP contribution < -0.4 is 16.0 Å². The summed E-state index contributed by atoms with van der Waals surface area (Å²) in [6.07, 6.45) is 2.44. The Bertz CT molecular complexity index is 456. The summed E-state index contributed by atoms with van der Waals surface area (Å²) in [6, 6.07) is 4.41. The van der Waals surface area contributed by atoms with Gasteiger partial charge in [0, 0.05) is 10.3 Å². The molecule has 2 atom stereocenters. The van der Waals surface area contributed by atoms with Crippen molar-refractivity contribution in [2.45, 2.75) is 44.4 Å². The Hall–Kier alpha value is -0.710. The van der Waals surface area contributed by atoms with Crippen LogP contribution in [0.3, 0.4) is 0 Å². The maximum atomic E-state index is 5.88. The van der Waals surface area contributed by atoms with Crippen LogP contribution in [0.4, 0.5) is 0 Å². The number of methoxy groups -OCH3 is 1. The zero-order valence-electron chi connectivity index (χ0n) is 12.2. The maximum Gasteiger partial charge on any atom is 0.124 e. The van der Waals surface area contributed by atoms with Crippen molar-refractivity contribution in [3.8, 4) is 5.75 Å². The Morgan fingerprint density at radius 1 is 1.42 bits per heavy atom. The molecule has 1 aliphatic heterocycles. The lowest BCUT2D eigenvalue weighted by atomic mass is 9.87. The monoisotopic (exact) mass is 280 g/mol. The summed E-state index contributed by atoms with van der Waals surface area (Å²) in [5, 5.41) is 0. The fourth-order valence-electron chi connectivity index (χ4n) is 3.07. The zero-order chi connectivity index (χ0) is 14.0. The summed E-state index contributed by atoms with van der Waals surface area (Å²) in [5.41, 5.74) is 6.70. The van der Waals surface area contributed by atoms with Gasteiger partial charge in [0.2, 0.25) is 0 Å². The number of nitrogens with one attached hydrogen (secondary N) is 1. The molecule has 2 unspecified atom stereocenters. The summed E-state index contributed by atoms with van der Waals surface area (Å²) in [4.78, 5) is 0. The molecule has 3 N–H and O–H groups in total. The fraction of sp³-hybridized carbons (Fsp3) is 0.600. The minimum atomic E-state index is 0.121. The van der Waals surface area contributed by atoms with Crippen LogP contribution in [-0.2, 0) is 0 Å². The van der Waals surface area contributed by atoms with Gasteiger partial charge in [-0.25, -0.2) is 0 Å². The van der Waals surface area contributed by atoms with Crippen molar-refractivity contribution in [1.82, 2.24) is 5.43 Å². The zero-order valence-corrected chi connectivity index (χ0v) is 13.1. The van der Waals surface area contributed by atoms with Crippen molar-refractivity contribution in [2.24, 2.45) is 5.84 Å². The Balaban J connectivity index is 2.48. The molecule has 106 valence electrons. The van der Waals surface area contributed by atoms with Crippen molar-refractivity contribution in [1.29, 1.82) is 0 Å². The van der Waals surface area contributed by atoms with Crippen LogP contribution >= 0.6 is 11.8 Å². The number of rotatable bonds is 4. The molecule has 19 heavy (non-hydrogen) atoms. The van der Waals surface area contributed by atoms with Gasteiger partial charge >= 0.3 is 0 Å². The molecule has 4 heteroatoms. The van der Waals surface area contributed by atoms with Crippen molar-refractivity contribution in [2.75, 3.05) is 12.9 Å². The lowest BCUT2D eigenvalue weighted by Crippen LogP contribution is -2.41. The highest BCUT2D eigenvalue weighted by Crippen LogP contribution is 2.48. The predicted molar refractivity (Wildman–Crippen MR) is 82.6 cm³/mol. The predicted octanol–water partition coefficient (Wildman–Crippen LogP) is 3.10. The van der Waals surface area contributed by atoms with Gasteiger partial charge in [-0.2, -0.15) is 11.8 Å². The topological polar surface area (TPSA) is 47.3 Å². The number of ether oxygens (including phenoxy) is 1. The van der Waals surface area contributed by atoms with Crippen LogP contribution in [-0.4, -0.2) is 17.6 Å². The van der Waals surface area contributed by atoms with Gasteiger partial charge in [-0.15, -0.1) is 0 Å². The van der Waals surface area contributed by atoms with Crippen LogP contribution in [0.5, 0.6) is 5.75 Å². The van der Waals surface area contributed by atoms with Gasteiger partial charge in [0.05, 0.1) is 13.2 Å². The molecule has 1 aromatic carbocycles. The first-order chi connectivity index (χ1) is 9.01. The summed E-state index contributed by atoms with van der Waals surface area (Å²) in [7, 11) is 1.73. The van der Waals surface area contributed by atoms with Crippen molar-refractivity contribution in [3.63, 3.8) is 0 Å². The van der Waals surface area contributed by atoms with Gasteiger partial charge in [0.1, 0.15) is 5.75 Å². The van der Waals surface area contributed by atoms with Crippen LogP contribution in [0.25, 0.3) is 0 Å². The first-order valence-corrected chi connectivity index (χ1v) is 7.75. The van der Waals surface area contributed by atoms with E-state index >= 15 is 0 Å². The number of nitrogens with two attached hydrogens (primary N) is 1. The summed E-state index contributed by atoms with van der Waals surface area (Å²) < 4.78 is 5.73. The number of thioether (sulfide) groups is 1. The second-order valence-electron chi connectivity index (χ2n) is 5.56. The number of benzene rings is 1. The minimum Gasteiger partial charge on any atom is -0.496 e. The molecule has 1 heterocycles. The molecule has 1 fully saturated rings. The van der Waals surface area contributed by atoms with E-state index in [1.54, 1.807) is 7.11 Å². The van der Waals surface area contributed by atoms with E-state index in [9.17, 15) is 0 Å². The molecular formula is C15H24N2OS. The SMILES string of the molecule is COc1cc(C)cc(C)c1C(NN)C1(C)CCCS1. The van der Waals surface area contributed by atoms with Crippen molar-refractivity contribution in [3.05, 3.63) is 28.8 Å². The van der Waals surface area contributed by atoms with E-state index in [0.29, 0.717) is 0 Å². The normalized spacial score (nSPS) is 24.5. The molecule has 1 aliphatic rings. The molecule has 0 aromatic heterocycles. The molecule has 0 spiro atoms. The van der Waals surface area contributed by atoms with Crippen molar-refractivity contribution < 1.29 is 4.74 Å². The smallest absolute Gasteiger partial charge is 0.124 e. The summed E-state index contributed by atoms with van der Waals surface area (Å²) >= 11 is 2.01. The molecule has 0 radical (unpaired) electrons. The van der Waals surface area contributed by atoms with Crippen LogP contribution in [0.15, 0.2) is 12.1 Å². The largest absolute Gasteiger partial charge is 0.496 e. The van der Waals surface area contributed by atoms with E-state index in [-0.39, 0.29) is 10.8 Å². The third-order valence-corrected chi connectivity index (χ3v) is 5.62. The highest BCUT2D eigenvalue weighted by Gasteiger charge is 2.40. The molecular weight excluding hydrogens is 256 g/mol. The van der Waals surface area contributed by atoms with Crippen LogP contribution in [0.2, 0.25) is 0 Å². The Morgan fingerprint density at radius 2 is 2.16 bits per heavy atom. The minimum absolute atomic E-state index is 0.121. The molecule has 0 saturated carbocycles. The van der Waals surface area contributed by atoms with E-state index in [1.165, 1.54) is 35.3 Å². The number of aryl methyl sites for hydroxylation is 2. The first kappa shape index (κ1) is 14.7. The van der Waals surface area contributed by atoms with Gasteiger partial charge in [0.25, 0.3) is 0 Å². The Kier molecular flexibility index (Phi) is 4.43. The Labute approximate surface area is 120 Å². The van der Waals surface area contributed by atoms with E-state index in [1.807, 2.05) is 11.8 Å². The molecule has 1 saturated heterocycles.